The molecule has 94 heavy (non-hydrogen) atoms. The maximum Gasteiger partial charge on any atom is 0.161 e. The molecule has 4 aromatic carbocycles. The van der Waals surface area contributed by atoms with Gasteiger partial charge in [0.05, 0.1) is 56.9 Å². The van der Waals surface area contributed by atoms with Gasteiger partial charge in [-0.25, -0.2) is 0 Å². The van der Waals surface area contributed by atoms with Gasteiger partial charge < -0.3 is 37.9 Å². The van der Waals surface area contributed by atoms with Gasteiger partial charge in [-0.15, -0.1) is 0 Å². The summed E-state index contributed by atoms with van der Waals surface area (Å²) in [7, 11) is 12.2. The molecule has 16 heteroatoms. The molecule has 0 spiro atoms. The number of ether oxygens (including phenoxy) is 8. The smallest absolute Gasteiger partial charge is 0.161 e. The Bertz CT molecular complexity index is 4370. The first kappa shape index (κ1) is 46.1. The zero-order valence-electron chi connectivity index (χ0n) is 81.0. The van der Waals surface area contributed by atoms with Gasteiger partial charge in [0, 0.05) is 159 Å². The number of piperidine rings is 4. The molecule has 12 rings (SSSR count). The molecule has 4 aromatic rings. The molecule has 0 saturated carbocycles. The molecule has 4 fully saturated rings. The highest BCUT2D eigenvalue weighted by Crippen LogP contribution is 2.48. The fraction of sp³-hybridized carbons (Fsp3) is 0.641. The number of methoxy groups -OCH3 is 8. The van der Waals surface area contributed by atoms with Crippen molar-refractivity contribution in [3.05, 3.63) is 93.0 Å². The minimum absolute atomic E-state index is 0.0302. The van der Waals surface area contributed by atoms with E-state index < -0.39 is 130 Å². The minimum Gasteiger partial charge on any atom is -0.493 e. The lowest BCUT2D eigenvalue weighted by Gasteiger charge is -2.43. The van der Waals surface area contributed by atoms with E-state index in [1.807, 2.05) is 72.7 Å². The van der Waals surface area contributed by atoms with Crippen LogP contribution < -0.4 is 37.9 Å². The van der Waals surface area contributed by atoms with Gasteiger partial charge in [0.2, 0.25) is 0 Å². The highest BCUT2D eigenvalue weighted by Gasteiger charge is 2.43. The summed E-state index contributed by atoms with van der Waals surface area (Å²) in [6.45, 7) is 2.50. The summed E-state index contributed by atoms with van der Waals surface area (Å²) in [5.74, 6) is -11.1. The average molecular weight is 1320 g/mol. The molecule has 0 bridgehead atoms. The number of benzene rings is 4. The second-order valence-electron chi connectivity index (χ2n) is 25.4. The minimum atomic E-state index is -3.60. The molecule has 10 atom stereocenters. The number of carbonyl (C=O) groups excluding carboxylic acids is 4. The van der Waals surface area contributed by atoms with Crippen LogP contribution in [0.5, 0.6) is 46.0 Å². The van der Waals surface area contributed by atoms with Gasteiger partial charge in [-0.05, 0) is 168 Å². The van der Waals surface area contributed by atoms with Gasteiger partial charge in [0.15, 0.2) is 46.0 Å². The Balaban J connectivity index is 0.000000181. The Morgan fingerprint density at radius 1 is 0.447 bits per heavy atom. The van der Waals surface area contributed by atoms with Gasteiger partial charge in [-0.2, -0.15) is 0 Å². The number of nitrogens with zero attached hydrogens (tertiary/aromatic N) is 4. The number of ketones is 4. The van der Waals surface area contributed by atoms with Crippen molar-refractivity contribution in [2.75, 3.05) is 109 Å². The van der Waals surface area contributed by atoms with E-state index in [9.17, 15) is 19.2 Å². The SMILES string of the molecule is [2H]C([2H])([2H])C([2H])(C([2H])([2H])C)C([2H])([2H])C1CN2CCc3cc(OC)c(OC)cc3C2CC1=O.[2H]C1(CC(C)C)CN2CCc3cc(OC)c(OC)cc3C2C([2H])([2H])C1=O.[2H]C1([2H])C(=O)C([2H])(C([2H])([2H])C([2H])(C([2H])([2H])[2H])C([2H])([2H])C)CN2CCc3cc(OC)c(OC)cc3C21.[2H]C1([2H])C(CC(C)C)C(=O)CC2c3cc(OC)c(OC)cc3CCN21. The quantitative estimate of drug-likeness (QED) is 0.0926. The van der Waals surface area contributed by atoms with Crippen molar-refractivity contribution in [2.45, 2.75) is 169 Å². The topological polar surface area (TPSA) is 155 Å². The van der Waals surface area contributed by atoms with E-state index in [0.29, 0.717) is 115 Å². The van der Waals surface area contributed by atoms with E-state index in [-0.39, 0.29) is 49.8 Å². The lowest BCUT2D eigenvalue weighted by molar-refractivity contribution is -0.130. The molecule has 16 nitrogen and oxygen atoms in total. The lowest BCUT2D eigenvalue weighted by Crippen LogP contribution is -2.46. The third kappa shape index (κ3) is 16.4. The maximum atomic E-state index is 13.6. The van der Waals surface area contributed by atoms with Crippen LogP contribution in [0, 0.1) is 47.2 Å². The molecular formula is C78H112N4O12. The summed E-state index contributed by atoms with van der Waals surface area (Å²) >= 11 is 0. The monoisotopic (exact) mass is 1320 g/mol. The second-order valence-corrected chi connectivity index (χ2v) is 25.4. The predicted molar refractivity (Wildman–Crippen MR) is 370 cm³/mol. The van der Waals surface area contributed by atoms with E-state index in [2.05, 4.69) is 0 Å². The fourth-order valence-corrected chi connectivity index (χ4v) is 13.9. The standard InChI is InChI=1S/2C20H29NO3.2C19H27NO3/c2*1-5-13(2)8-15-12-21-7-6-14-9-19(23-3)20(24-4)10-16(14)17(21)11-18(15)22;2*1-12(2)7-14-11-20-6-5-13-8-18(22-3)19(23-4)9-15(13)16(20)10-17(14)21/h2*9-10,13,15,17H,5-8,11-12H2,1-4H3;2*8-9,12,14,16H,5-7,10-11H2,1-4H3/i2D3,5D2,8D2,11D2,13D,15D;2D3,5D2,8D2,13D;10D2,14D;11D2. The number of carbonyl (C=O) groups is 4. The van der Waals surface area contributed by atoms with E-state index in [1.54, 1.807) is 47.7 Å². The van der Waals surface area contributed by atoms with Crippen molar-refractivity contribution in [2.24, 2.45) is 47.2 Å². The Labute approximate surface area is 596 Å². The van der Waals surface area contributed by atoms with Crippen LogP contribution in [-0.2, 0) is 44.9 Å². The molecule has 0 aliphatic carbocycles. The Kier molecular flexibility index (Phi) is 16.0. The molecule has 8 aliphatic heterocycles. The van der Waals surface area contributed by atoms with Crippen molar-refractivity contribution in [3.63, 3.8) is 0 Å². The summed E-state index contributed by atoms with van der Waals surface area (Å²) < 4.78 is 242. The summed E-state index contributed by atoms with van der Waals surface area (Å²) in [6.07, 6.45) is -13.5. The summed E-state index contributed by atoms with van der Waals surface area (Å²) in [5.41, 5.74) is 6.80. The maximum absolute atomic E-state index is 13.6. The Morgan fingerprint density at radius 3 is 1.16 bits per heavy atom. The number of Topliss-reactive ketones (excluding diaryl/α,β-unsaturated/α-hetero) is 4. The van der Waals surface area contributed by atoms with Crippen molar-refractivity contribution in [3.8, 4) is 46.0 Å². The first-order valence-corrected chi connectivity index (χ1v) is 32.4. The highest BCUT2D eigenvalue weighted by molar-refractivity contribution is 5.85. The molecule has 10 unspecified atom stereocenters. The first-order chi connectivity index (χ1) is 54.2. The van der Waals surface area contributed by atoms with E-state index in [1.165, 1.54) is 32.3 Å². The lowest BCUT2D eigenvalue weighted by atomic mass is 9.79. The van der Waals surface area contributed by atoms with Crippen molar-refractivity contribution >= 4 is 23.1 Å². The summed E-state index contributed by atoms with van der Waals surface area (Å²) in [4.78, 5) is 59.7. The van der Waals surface area contributed by atoms with E-state index in [4.69, 9.17) is 70.8 Å². The van der Waals surface area contributed by atoms with Crippen LogP contribution in [0.2, 0.25) is 0 Å². The van der Waals surface area contributed by atoms with Crippen molar-refractivity contribution in [1.82, 2.24) is 19.6 Å². The van der Waals surface area contributed by atoms with Crippen molar-refractivity contribution in [1.29, 1.82) is 0 Å². The molecular weight excluding hydrogens is 1180 g/mol. The third-order valence-corrected chi connectivity index (χ3v) is 18.7. The molecule has 0 N–H and O–H groups in total. The molecule has 0 radical (unpaired) electrons. The summed E-state index contributed by atoms with van der Waals surface area (Å²) in [5, 5.41) is 0. The first-order valence-electron chi connectivity index (χ1n) is 44.4. The fourth-order valence-electron chi connectivity index (χ4n) is 13.9. The normalized spacial score (nSPS) is 33.1. The van der Waals surface area contributed by atoms with Crippen molar-refractivity contribution < 1.29 is 90.0 Å². The molecule has 516 valence electrons. The largest absolute Gasteiger partial charge is 0.493 e. The van der Waals surface area contributed by atoms with E-state index >= 15 is 0 Å². The van der Waals surface area contributed by atoms with Gasteiger partial charge >= 0.3 is 0 Å². The van der Waals surface area contributed by atoms with Crippen LogP contribution in [0.3, 0.4) is 0 Å². The van der Waals surface area contributed by atoms with Gasteiger partial charge in [-0.3, -0.25) is 38.8 Å². The number of hydrogen-bond acceptors (Lipinski definition) is 16. The predicted octanol–water partition coefficient (Wildman–Crippen LogP) is 13.7. The molecule has 0 amide bonds. The van der Waals surface area contributed by atoms with E-state index in [0.717, 1.165) is 60.1 Å². The second kappa shape index (κ2) is 32.7. The third-order valence-electron chi connectivity index (χ3n) is 18.7. The zero-order valence-corrected chi connectivity index (χ0v) is 57.0. The van der Waals surface area contributed by atoms with Gasteiger partial charge in [0.1, 0.15) is 23.1 Å². The Morgan fingerprint density at radius 2 is 0.777 bits per heavy atom. The zero-order chi connectivity index (χ0) is 88.9. The molecule has 4 saturated heterocycles. The van der Waals surface area contributed by atoms with Crippen LogP contribution in [-0.4, -0.2) is 152 Å². The van der Waals surface area contributed by atoms with Crippen LogP contribution in [0.1, 0.15) is 221 Å². The number of fused-ring (bicyclic) bond motifs is 12. The van der Waals surface area contributed by atoms with Crippen LogP contribution in [0.4, 0.5) is 0 Å². The molecule has 8 heterocycles. The van der Waals surface area contributed by atoms with Gasteiger partial charge in [-0.1, -0.05) is 68.0 Å². The number of rotatable bonds is 18. The highest BCUT2D eigenvalue weighted by atomic mass is 16.5. The van der Waals surface area contributed by atoms with Crippen LogP contribution in [0.25, 0.3) is 0 Å². The molecule has 8 aliphatic rings. The average Bonchev–Trinajstić information content (AvgIpc) is 0.683. The molecule has 0 aromatic heterocycles. The van der Waals surface area contributed by atoms with Crippen LogP contribution in [0.15, 0.2) is 48.5 Å². The number of hydrogen-bond donors (Lipinski definition) is 0. The van der Waals surface area contributed by atoms with Gasteiger partial charge in [0.25, 0.3) is 0 Å². The Hall–Kier alpha value is -6.20. The van der Waals surface area contributed by atoms with Crippen LogP contribution >= 0.6 is 0 Å². The summed E-state index contributed by atoms with van der Waals surface area (Å²) in [6, 6.07) is 12.0.